The lowest BCUT2D eigenvalue weighted by molar-refractivity contribution is -0.127. The molecule has 2 aromatic carbocycles. The Balaban J connectivity index is 1.60. The summed E-state index contributed by atoms with van der Waals surface area (Å²) >= 11 is 12.2. The van der Waals surface area contributed by atoms with Crippen molar-refractivity contribution in [1.29, 1.82) is 0 Å². The van der Waals surface area contributed by atoms with Gasteiger partial charge in [0.2, 0.25) is 5.91 Å². The Morgan fingerprint density at radius 2 is 1.68 bits per heavy atom. The smallest absolute Gasteiger partial charge is 0.253 e. The van der Waals surface area contributed by atoms with E-state index in [1.807, 2.05) is 6.92 Å². The van der Waals surface area contributed by atoms with Crippen LogP contribution in [-0.2, 0) is 4.79 Å². The number of piperazine rings is 1. The molecule has 2 amide bonds. The van der Waals surface area contributed by atoms with Crippen LogP contribution in [-0.4, -0.2) is 61.5 Å². The molecule has 1 aliphatic rings. The van der Waals surface area contributed by atoms with Gasteiger partial charge in [-0.3, -0.25) is 9.59 Å². The predicted molar refractivity (Wildman–Crippen MR) is 122 cm³/mol. The molecule has 0 radical (unpaired) electrons. The maximum atomic E-state index is 12.6. The molecule has 2 aromatic rings. The van der Waals surface area contributed by atoms with Gasteiger partial charge < -0.3 is 19.3 Å². The summed E-state index contributed by atoms with van der Waals surface area (Å²) in [6.45, 7) is 4.22. The largest absolute Gasteiger partial charge is 0.493 e. The SMILES string of the molecule is CCOc1c(Cl)cc(/C=C/C(=O)N2CCN(C(=O)c3ccc(Cl)cc3)CC2)cc1OC. The Morgan fingerprint density at radius 1 is 1.03 bits per heavy atom. The first-order valence-electron chi connectivity index (χ1n) is 9.95. The van der Waals surface area contributed by atoms with Crippen molar-refractivity contribution in [2.75, 3.05) is 39.9 Å². The summed E-state index contributed by atoms with van der Waals surface area (Å²) in [6, 6.07) is 10.3. The third kappa shape index (κ3) is 5.71. The number of hydrogen-bond acceptors (Lipinski definition) is 4. The molecule has 0 saturated carbocycles. The van der Waals surface area contributed by atoms with Gasteiger partial charge in [-0.15, -0.1) is 0 Å². The zero-order valence-corrected chi connectivity index (χ0v) is 18.9. The van der Waals surface area contributed by atoms with Gasteiger partial charge in [-0.1, -0.05) is 23.2 Å². The third-order valence-electron chi connectivity index (χ3n) is 4.93. The number of benzene rings is 2. The van der Waals surface area contributed by atoms with Crippen molar-refractivity contribution < 1.29 is 19.1 Å². The van der Waals surface area contributed by atoms with E-state index in [1.165, 1.54) is 13.2 Å². The molecule has 0 aromatic heterocycles. The van der Waals surface area contributed by atoms with Gasteiger partial charge in [0, 0.05) is 42.8 Å². The number of carbonyl (C=O) groups is 2. The minimum Gasteiger partial charge on any atom is -0.493 e. The van der Waals surface area contributed by atoms with E-state index in [2.05, 4.69) is 0 Å². The number of rotatable bonds is 6. The van der Waals surface area contributed by atoms with Gasteiger partial charge in [0.1, 0.15) is 0 Å². The van der Waals surface area contributed by atoms with Gasteiger partial charge in [-0.05, 0) is 55.0 Å². The second-order valence-electron chi connectivity index (χ2n) is 6.92. The number of hydrogen-bond donors (Lipinski definition) is 0. The quantitative estimate of drug-likeness (QED) is 0.596. The normalized spacial score (nSPS) is 14.1. The second kappa shape index (κ2) is 10.6. The average Bonchev–Trinajstić information content (AvgIpc) is 2.79. The van der Waals surface area contributed by atoms with Gasteiger partial charge in [-0.2, -0.15) is 0 Å². The molecule has 0 aliphatic carbocycles. The Bertz CT molecular complexity index is 968. The molecular weight excluding hydrogens is 439 g/mol. The molecule has 1 saturated heterocycles. The highest BCUT2D eigenvalue weighted by Gasteiger charge is 2.24. The summed E-state index contributed by atoms with van der Waals surface area (Å²) in [7, 11) is 1.54. The molecule has 3 rings (SSSR count). The van der Waals surface area contributed by atoms with Crippen LogP contribution in [0.2, 0.25) is 10.0 Å². The molecule has 6 nitrogen and oxygen atoms in total. The Kier molecular flexibility index (Phi) is 7.82. The number of amides is 2. The number of carbonyl (C=O) groups excluding carboxylic acids is 2. The third-order valence-corrected chi connectivity index (χ3v) is 5.46. The molecule has 31 heavy (non-hydrogen) atoms. The van der Waals surface area contributed by atoms with Crippen molar-refractivity contribution >= 4 is 41.1 Å². The van der Waals surface area contributed by atoms with E-state index < -0.39 is 0 Å². The molecule has 0 N–H and O–H groups in total. The maximum absolute atomic E-state index is 12.6. The summed E-state index contributed by atoms with van der Waals surface area (Å²) in [5.74, 6) is 0.811. The van der Waals surface area contributed by atoms with Crippen LogP contribution in [0.3, 0.4) is 0 Å². The Hall–Kier alpha value is -2.70. The molecule has 0 unspecified atom stereocenters. The zero-order valence-electron chi connectivity index (χ0n) is 17.4. The van der Waals surface area contributed by atoms with Gasteiger partial charge in [0.05, 0.1) is 18.7 Å². The number of methoxy groups -OCH3 is 1. The first-order valence-corrected chi connectivity index (χ1v) is 10.7. The molecule has 8 heteroatoms. The first-order chi connectivity index (χ1) is 14.9. The highest BCUT2D eigenvalue weighted by molar-refractivity contribution is 6.32. The molecule has 1 heterocycles. The lowest BCUT2D eigenvalue weighted by Gasteiger charge is -2.34. The molecule has 0 atom stereocenters. The van der Waals surface area contributed by atoms with Crippen LogP contribution < -0.4 is 9.47 Å². The van der Waals surface area contributed by atoms with E-state index in [4.69, 9.17) is 32.7 Å². The van der Waals surface area contributed by atoms with Gasteiger partial charge in [-0.25, -0.2) is 0 Å². The summed E-state index contributed by atoms with van der Waals surface area (Å²) in [4.78, 5) is 28.7. The highest BCUT2D eigenvalue weighted by atomic mass is 35.5. The fraction of sp³-hybridized carbons (Fsp3) is 0.304. The van der Waals surface area contributed by atoms with Crippen molar-refractivity contribution in [1.82, 2.24) is 9.80 Å². The summed E-state index contributed by atoms with van der Waals surface area (Å²) < 4.78 is 10.8. The average molecular weight is 463 g/mol. The van der Waals surface area contributed by atoms with E-state index in [0.717, 1.165) is 5.56 Å². The molecule has 1 aliphatic heterocycles. The van der Waals surface area contributed by atoms with Crippen LogP contribution in [0.25, 0.3) is 6.08 Å². The van der Waals surface area contributed by atoms with E-state index in [-0.39, 0.29) is 11.8 Å². The van der Waals surface area contributed by atoms with Crippen molar-refractivity contribution in [2.24, 2.45) is 0 Å². The minimum atomic E-state index is -0.123. The van der Waals surface area contributed by atoms with Crippen LogP contribution in [0, 0.1) is 0 Å². The van der Waals surface area contributed by atoms with Crippen LogP contribution in [0.15, 0.2) is 42.5 Å². The topological polar surface area (TPSA) is 59.1 Å². The fourth-order valence-electron chi connectivity index (χ4n) is 3.30. The summed E-state index contributed by atoms with van der Waals surface area (Å²) in [5, 5.41) is 1.01. The lowest BCUT2D eigenvalue weighted by Crippen LogP contribution is -2.50. The van der Waals surface area contributed by atoms with Crippen molar-refractivity contribution in [2.45, 2.75) is 6.92 Å². The van der Waals surface area contributed by atoms with Gasteiger partial charge in [0.25, 0.3) is 5.91 Å². The Labute approximate surface area is 191 Å². The summed E-state index contributed by atoms with van der Waals surface area (Å²) in [6.07, 6.45) is 3.19. The molecule has 0 bridgehead atoms. The predicted octanol–water partition coefficient (Wildman–Crippen LogP) is 4.40. The lowest BCUT2D eigenvalue weighted by atomic mass is 10.1. The van der Waals surface area contributed by atoms with Crippen LogP contribution in [0.1, 0.15) is 22.8 Å². The molecular formula is C23H24Cl2N2O4. The first kappa shape index (κ1) is 23.0. The van der Waals surface area contributed by atoms with E-state index >= 15 is 0 Å². The van der Waals surface area contributed by atoms with E-state index in [0.29, 0.717) is 59.9 Å². The molecule has 1 fully saturated rings. The fourth-order valence-corrected chi connectivity index (χ4v) is 3.70. The second-order valence-corrected chi connectivity index (χ2v) is 7.77. The number of halogens is 2. The van der Waals surface area contributed by atoms with E-state index in [1.54, 1.807) is 52.3 Å². The zero-order chi connectivity index (χ0) is 22.4. The summed E-state index contributed by atoms with van der Waals surface area (Å²) in [5.41, 5.74) is 1.32. The van der Waals surface area contributed by atoms with E-state index in [9.17, 15) is 9.59 Å². The highest BCUT2D eigenvalue weighted by Crippen LogP contribution is 2.36. The van der Waals surface area contributed by atoms with Crippen LogP contribution in [0.5, 0.6) is 11.5 Å². The number of nitrogens with zero attached hydrogens (tertiary/aromatic N) is 2. The maximum Gasteiger partial charge on any atom is 0.253 e. The number of ether oxygens (including phenoxy) is 2. The van der Waals surface area contributed by atoms with Crippen LogP contribution >= 0.6 is 23.2 Å². The minimum absolute atomic E-state index is 0.0598. The van der Waals surface area contributed by atoms with Crippen molar-refractivity contribution in [3.05, 3.63) is 63.6 Å². The van der Waals surface area contributed by atoms with Gasteiger partial charge >= 0.3 is 0 Å². The Morgan fingerprint density at radius 3 is 2.29 bits per heavy atom. The monoisotopic (exact) mass is 462 g/mol. The molecule has 164 valence electrons. The standard InChI is InChI=1S/C23H24Cl2N2O4/c1-3-31-22-19(25)14-16(15-20(22)30-2)4-9-21(28)26-10-12-27(13-11-26)23(29)17-5-7-18(24)8-6-17/h4-9,14-15H,3,10-13H2,1-2H3/b9-4+. The van der Waals surface area contributed by atoms with Crippen molar-refractivity contribution in [3.8, 4) is 11.5 Å². The van der Waals surface area contributed by atoms with Gasteiger partial charge in [0.15, 0.2) is 11.5 Å². The molecule has 0 spiro atoms. The van der Waals surface area contributed by atoms with Crippen LogP contribution in [0.4, 0.5) is 0 Å². The van der Waals surface area contributed by atoms with Crippen molar-refractivity contribution in [3.63, 3.8) is 0 Å².